The highest BCUT2D eigenvalue weighted by molar-refractivity contribution is 7.12. The molecule has 0 unspecified atom stereocenters. The lowest BCUT2D eigenvalue weighted by Gasteiger charge is -2.19. The Morgan fingerprint density at radius 2 is 1.93 bits per heavy atom. The molecule has 0 bridgehead atoms. The zero-order valence-corrected chi connectivity index (χ0v) is 17.2. The van der Waals surface area contributed by atoms with Gasteiger partial charge in [0.25, 0.3) is 0 Å². The Balaban J connectivity index is 1.41. The zero-order valence-electron chi connectivity index (χ0n) is 15.6. The van der Waals surface area contributed by atoms with Crippen LogP contribution in [0, 0.1) is 0 Å². The molecule has 3 aromatic heterocycles. The van der Waals surface area contributed by atoms with E-state index in [4.69, 9.17) is 5.10 Å². The lowest BCUT2D eigenvalue weighted by molar-refractivity contribution is -0.685. The van der Waals surface area contributed by atoms with E-state index in [2.05, 4.69) is 35.2 Å². The normalized spacial score (nSPS) is 18.8. The first kappa shape index (κ1) is 17.8. The van der Waals surface area contributed by atoms with Crippen LogP contribution in [-0.2, 0) is 24.2 Å². The fourth-order valence-corrected chi connectivity index (χ4v) is 5.61. The molecule has 1 atom stereocenters. The largest absolute Gasteiger partial charge is 0.309 e. The van der Waals surface area contributed by atoms with Gasteiger partial charge in [0.1, 0.15) is 0 Å². The molecule has 142 valence electrons. The average Bonchev–Trinajstić information content (AvgIpc) is 3.48. The van der Waals surface area contributed by atoms with E-state index in [1.54, 1.807) is 27.7 Å². The van der Waals surface area contributed by atoms with Crippen molar-refractivity contribution in [1.29, 1.82) is 0 Å². The van der Waals surface area contributed by atoms with Gasteiger partial charge in [0, 0.05) is 22.9 Å². The van der Waals surface area contributed by atoms with E-state index >= 15 is 0 Å². The number of fused-ring (bicyclic) bond motifs is 1. The van der Waals surface area contributed by atoms with Crippen LogP contribution in [0.2, 0.25) is 0 Å². The maximum absolute atomic E-state index is 13.2. The minimum absolute atomic E-state index is 0.00262. The highest BCUT2D eigenvalue weighted by atomic mass is 32.1. The third-order valence-corrected chi connectivity index (χ3v) is 7.40. The highest BCUT2D eigenvalue weighted by Crippen LogP contribution is 2.35. The summed E-state index contributed by atoms with van der Waals surface area (Å²) in [5, 5.41) is 10.6. The maximum atomic E-state index is 13.2. The van der Waals surface area contributed by atoms with Gasteiger partial charge in [-0.2, -0.15) is 9.67 Å². The maximum Gasteiger partial charge on any atom is 0.309 e. The number of aromatic nitrogens is 1. The molecule has 1 aliphatic carbocycles. The number of aryl methyl sites for hydroxylation is 2. The van der Waals surface area contributed by atoms with Gasteiger partial charge in [0.05, 0.1) is 16.6 Å². The van der Waals surface area contributed by atoms with Crippen molar-refractivity contribution in [2.24, 2.45) is 5.10 Å². The van der Waals surface area contributed by atoms with Crippen LogP contribution in [0.3, 0.4) is 0 Å². The molecule has 4 heterocycles. The molecule has 1 amide bonds. The highest BCUT2D eigenvalue weighted by Gasteiger charge is 2.35. The second-order valence-electron chi connectivity index (χ2n) is 7.37. The molecule has 0 saturated heterocycles. The molecule has 0 aromatic carbocycles. The summed E-state index contributed by atoms with van der Waals surface area (Å²) in [6.45, 7) is 0.330. The van der Waals surface area contributed by atoms with Crippen molar-refractivity contribution >= 4 is 34.3 Å². The van der Waals surface area contributed by atoms with Crippen LogP contribution in [0.1, 0.15) is 46.2 Å². The molecule has 5 rings (SSSR count). The predicted molar refractivity (Wildman–Crippen MR) is 113 cm³/mol. The van der Waals surface area contributed by atoms with E-state index in [0.29, 0.717) is 6.54 Å². The molecule has 3 aromatic rings. The van der Waals surface area contributed by atoms with Gasteiger partial charge >= 0.3 is 5.91 Å². The molecule has 0 N–H and O–H groups in total. The first-order valence-electron chi connectivity index (χ1n) is 9.75. The summed E-state index contributed by atoms with van der Waals surface area (Å²) in [4.78, 5) is 15.6. The summed E-state index contributed by atoms with van der Waals surface area (Å²) >= 11 is 3.38. The summed E-state index contributed by atoms with van der Waals surface area (Å²) in [5.41, 5.74) is 3.84. The van der Waals surface area contributed by atoms with Gasteiger partial charge in [-0.1, -0.05) is 12.1 Å². The molecular weight excluding hydrogens is 386 g/mol. The lowest BCUT2D eigenvalue weighted by Crippen LogP contribution is -2.43. The fraction of sp³-hybridized carbons (Fsp3) is 0.318. The Bertz CT molecular complexity index is 1010. The minimum Gasteiger partial charge on any atom is -0.265 e. The van der Waals surface area contributed by atoms with Crippen molar-refractivity contribution in [2.75, 3.05) is 0 Å². The number of hydrogen-bond acceptors (Lipinski definition) is 4. The Hall–Kier alpha value is -2.31. The average molecular weight is 409 g/mol. The summed E-state index contributed by atoms with van der Waals surface area (Å²) < 4.78 is 2.02. The molecule has 6 heteroatoms. The number of nitrogens with zero attached hydrogens (tertiary/aromatic N) is 3. The summed E-state index contributed by atoms with van der Waals surface area (Å²) in [7, 11) is 0. The number of amides is 1. The third-order valence-electron chi connectivity index (χ3n) is 5.50. The van der Waals surface area contributed by atoms with E-state index in [1.165, 1.54) is 28.8 Å². The molecule has 0 radical (unpaired) electrons. The zero-order chi connectivity index (χ0) is 18.9. The number of hydrazone groups is 1. The number of thiophene rings is 2. The van der Waals surface area contributed by atoms with Gasteiger partial charge in [-0.15, -0.1) is 22.7 Å². The smallest absolute Gasteiger partial charge is 0.265 e. The molecular formula is C22H22N3OS2+. The second-order valence-corrected chi connectivity index (χ2v) is 9.30. The van der Waals surface area contributed by atoms with Crippen molar-refractivity contribution in [3.63, 3.8) is 0 Å². The monoisotopic (exact) mass is 408 g/mol. The minimum atomic E-state index is 0.00262. The van der Waals surface area contributed by atoms with Crippen LogP contribution < -0.4 is 4.57 Å². The van der Waals surface area contributed by atoms with Crippen LogP contribution >= 0.6 is 22.7 Å². The van der Waals surface area contributed by atoms with Crippen LogP contribution in [0.25, 0.3) is 0 Å². The molecule has 0 saturated carbocycles. The van der Waals surface area contributed by atoms with Crippen LogP contribution in [0.4, 0.5) is 0 Å². The van der Waals surface area contributed by atoms with Crippen LogP contribution in [-0.4, -0.2) is 16.6 Å². The number of carbonyl (C=O) groups is 1. The SMILES string of the molecule is O=C(C[n+]1ccc2c(c1)CCCC2)N1N=C(c2cccs2)C[C@H]1c1cccs1. The van der Waals surface area contributed by atoms with Crippen molar-refractivity contribution in [1.82, 2.24) is 5.01 Å². The van der Waals surface area contributed by atoms with Crippen LogP contribution in [0.5, 0.6) is 0 Å². The van der Waals surface area contributed by atoms with E-state index in [0.717, 1.165) is 29.9 Å². The number of carbonyl (C=O) groups excluding carboxylic acids is 1. The summed E-state index contributed by atoms with van der Waals surface area (Å²) in [5.74, 6) is 0.0470. The van der Waals surface area contributed by atoms with Crippen LogP contribution in [0.15, 0.2) is 58.6 Å². The number of rotatable bonds is 4. The van der Waals surface area contributed by atoms with Crippen molar-refractivity contribution in [2.45, 2.75) is 44.7 Å². The van der Waals surface area contributed by atoms with Gasteiger partial charge in [0.2, 0.25) is 6.54 Å². The van der Waals surface area contributed by atoms with E-state index in [9.17, 15) is 4.79 Å². The first-order valence-corrected chi connectivity index (χ1v) is 11.5. The van der Waals surface area contributed by atoms with E-state index < -0.39 is 0 Å². The van der Waals surface area contributed by atoms with Gasteiger partial charge in [-0.3, -0.25) is 4.79 Å². The summed E-state index contributed by atoms with van der Waals surface area (Å²) in [6, 6.07) is 10.5. The number of pyridine rings is 1. The fourth-order valence-electron chi connectivity index (χ4n) is 4.08. The second kappa shape index (κ2) is 7.60. The lowest BCUT2D eigenvalue weighted by atomic mass is 9.93. The standard InChI is InChI=1S/C22H22N3OS2/c26-22(15-24-10-9-16-5-1-2-6-17(16)14-24)25-19(21-8-4-12-28-21)13-18(23-25)20-7-3-11-27-20/h3-4,7-12,14,19H,1-2,5-6,13,15H2/q+1/t19-/m0/s1. The Morgan fingerprint density at radius 3 is 2.71 bits per heavy atom. The van der Waals surface area contributed by atoms with E-state index in [1.807, 2.05) is 22.9 Å². The Morgan fingerprint density at radius 1 is 1.11 bits per heavy atom. The van der Waals surface area contributed by atoms with Gasteiger partial charge in [-0.05, 0) is 54.1 Å². The quantitative estimate of drug-likeness (QED) is 0.591. The van der Waals surface area contributed by atoms with Crippen molar-refractivity contribution < 1.29 is 9.36 Å². The molecule has 4 nitrogen and oxygen atoms in total. The van der Waals surface area contributed by atoms with Gasteiger partial charge in [0.15, 0.2) is 12.4 Å². The van der Waals surface area contributed by atoms with Crippen molar-refractivity contribution in [3.8, 4) is 0 Å². The van der Waals surface area contributed by atoms with Crippen molar-refractivity contribution in [3.05, 3.63) is 74.4 Å². The molecule has 1 aliphatic heterocycles. The molecule has 28 heavy (non-hydrogen) atoms. The topological polar surface area (TPSA) is 36.5 Å². The third kappa shape index (κ3) is 3.42. The molecule has 2 aliphatic rings. The molecule has 0 fully saturated rings. The Labute approximate surface area is 172 Å². The molecule has 0 spiro atoms. The summed E-state index contributed by atoms with van der Waals surface area (Å²) in [6.07, 6.45) is 9.77. The van der Waals surface area contributed by atoms with Gasteiger partial charge < -0.3 is 0 Å². The van der Waals surface area contributed by atoms with Gasteiger partial charge in [-0.25, -0.2) is 5.01 Å². The Kier molecular flexibility index (Phi) is 4.82. The van der Waals surface area contributed by atoms with E-state index in [-0.39, 0.29) is 11.9 Å². The number of hydrogen-bond donors (Lipinski definition) is 0. The first-order chi connectivity index (χ1) is 13.8. The predicted octanol–water partition coefficient (Wildman–Crippen LogP) is 4.35.